The topological polar surface area (TPSA) is 42.4 Å². The zero-order valence-electron chi connectivity index (χ0n) is 8.81. The zero-order valence-corrected chi connectivity index (χ0v) is 8.81. The van der Waals surface area contributed by atoms with Crippen LogP contribution in [0.25, 0.3) is 0 Å². The van der Waals surface area contributed by atoms with E-state index >= 15 is 0 Å². The maximum Gasteiger partial charge on any atom is 0.103 e. The molecule has 3 heteroatoms. The summed E-state index contributed by atoms with van der Waals surface area (Å²) >= 11 is 0. The van der Waals surface area contributed by atoms with Crippen LogP contribution in [0.3, 0.4) is 0 Å². The van der Waals surface area contributed by atoms with Gasteiger partial charge in [0.05, 0.1) is 12.9 Å². The van der Waals surface area contributed by atoms with Crippen LogP contribution in [0.4, 0.5) is 0 Å². The number of aliphatic hydroxyl groups is 1. The summed E-state index contributed by atoms with van der Waals surface area (Å²) in [6.07, 6.45) is 4.74. The van der Waals surface area contributed by atoms with Crippen LogP contribution in [0.1, 0.15) is 30.2 Å². The molecule has 0 aromatic carbocycles. The van der Waals surface area contributed by atoms with Gasteiger partial charge in [0.2, 0.25) is 0 Å². The van der Waals surface area contributed by atoms with Gasteiger partial charge in [-0.1, -0.05) is 0 Å². The average Bonchev–Trinajstić information content (AvgIpc) is 2.29. The first-order valence-corrected chi connectivity index (χ1v) is 5.18. The van der Waals surface area contributed by atoms with Crippen LogP contribution in [0.2, 0.25) is 0 Å². The van der Waals surface area contributed by atoms with Crippen molar-refractivity contribution >= 4 is 0 Å². The standard InChI is InChI=1S/C12H15NO2/c1-9-7-10(4-5-13-9)12(14)11-3-2-6-15-8-11/h4-5,7-8,12,14H,2-3,6H2,1H3. The first-order valence-electron chi connectivity index (χ1n) is 5.18. The van der Waals surface area contributed by atoms with Crippen molar-refractivity contribution in [2.75, 3.05) is 6.61 Å². The van der Waals surface area contributed by atoms with Gasteiger partial charge in [-0.3, -0.25) is 4.98 Å². The molecular weight excluding hydrogens is 190 g/mol. The maximum absolute atomic E-state index is 10.1. The van der Waals surface area contributed by atoms with Crippen molar-refractivity contribution in [1.82, 2.24) is 4.98 Å². The van der Waals surface area contributed by atoms with Crippen LogP contribution >= 0.6 is 0 Å². The Hall–Kier alpha value is -1.35. The highest BCUT2D eigenvalue weighted by atomic mass is 16.5. The third-order valence-electron chi connectivity index (χ3n) is 2.55. The van der Waals surface area contributed by atoms with Crippen LogP contribution < -0.4 is 0 Å². The number of hydrogen-bond acceptors (Lipinski definition) is 3. The van der Waals surface area contributed by atoms with Crippen LogP contribution in [0, 0.1) is 6.92 Å². The average molecular weight is 205 g/mol. The third kappa shape index (κ3) is 2.36. The highest BCUT2D eigenvalue weighted by Gasteiger charge is 2.16. The minimum absolute atomic E-state index is 0.549. The van der Waals surface area contributed by atoms with E-state index in [0.29, 0.717) is 0 Å². The highest BCUT2D eigenvalue weighted by Crippen LogP contribution is 2.27. The predicted molar refractivity (Wildman–Crippen MR) is 57.2 cm³/mol. The van der Waals surface area contributed by atoms with E-state index in [1.807, 2.05) is 19.1 Å². The molecule has 1 aromatic rings. The van der Waals surface area contributed by atoms with Crippen LogP contribution in [-0.4, -0.2) is 16.7 Å². The van der Waals surface area contributed by atoms with Crippen molar-refractivity contribution in [3.8, 4) is 0 Å². The fourth-order valence-electron chi connectivity index (χ4n) is 1.74. The van der Waals surface area contributed by atoms with Gasteiger partial charge in [0, 0.05) is 11.9 Å². The fourth-order valence-corrected chi connectivity index (χ4v) is 1.74. The second kappa shape index (κ2) is 4.45. The molecule has 1 aliphatic rings. The fraction of sp³-hybridized carbons (Fsp3) is 0.417. The molecule has 1 unspecified atom stereocenters. The van der Waals surface area contributed by atoms with Crippen LogP contribution in [0.15, 0.2) is 30.2 Å². The normalized spacial score (nSPS) is 17.9. The smallest absolute Gasteiger partial charge is 0.103 e. The molecule has 1 N–H and O–H groups in total. The lowest BCUT2D eigenvalue weighted by Crippen LogP contribution is -2.08. The van der Waals surface area contributed by atoms with E-state index < -0.39 is 6.10 Å². The number of aromatic nitrogens is 1. The number of pyridine rings is 1. The Balaban J connectivity index is 2.19. The Morgan fingerprint density at radius 3 is 3.07 bits per heavy atom. The lowest BCUT2D eigenvalue weighted by Gasteiger charge is -2.19. The number of ether oxygens (including phenoxy) is 1. The summed E-state index contributed by atoms with van der Waals surface area (Å²) in [5.74, 6) is 0. The molecule has 0 aliphatic carbocycles. The highest BCUT2D eigenvalue weighted by molar-refractivity contribution is 5.26. The monoisotopic (exact) mass is 205 g/mol. The second-order valence-electron chi connectivity index (χ2n) is 3.80. The van der Waals surface area contributed by atoms with E-state index in [4.69, 9.17) is 4.74 Å². The van der Waals surface area contributed by atoms with Crippen LogP contribution in [-0.2, 0) is 4.74 Å². The molecule has 0 radical (unpaired) electrons. The van der Waals surface area contributed by atoms with E-state index in [1.165, 1.54) is 0 Å². The van der Waals surface area contributed by atoms with Gasteiger partial charge in [0.15, 0.2) is 0 Å². The zero-order chi connectivity index (χ0) is 10.7. The first kappa shape index (κ1) is 10.2. The third-order valence-corrected chi connectivity index (χ3v) is 2.55. The molecular formula is C12H15NO2. The van der Waals surface area contributed by atoms with Gasteiger partial charge in [-0.15, -0.1) is 0 Å². The van der Waals surface area contributed by atoms with E-state index in [2.05, 4.69) is 4.98 Å². The summed E-state index contributed by atoms with van der Waals surface area (Å²) in [5.41, 5.74) is 2.76. The van der Waals surface area contributed by atoms with Crippen LogP contribution in [0.5, 0.6) is 0 Å². The Morgan fingerprint density at radius 1 is 1.53 bits per heavy atom. The Labute approximate surface area is 89.4 Å². The van der Waals surface area contributed by atoms with Gasteiger partial charge in [0.1, 0.15) is 6.10 Å². The van der Waals surface area contributed by atoms with Crippen molar-refractivity contribution < 1.29 is 9.84 Å². The quantitative estimate of drug-likeness (QED) is 0.804. The molecule has 1 aliphatic heterocycles. The molecule has 0 amide bonds. The van der Waals surface area contributed by atoms with Gasteiger partial charge >= 0.3 is 0 Å². The van der Waals surface area contributed by atoms with E-state index in [1.54, 1.807) is 12.5 Å². The van der Waals surface area contributed by atoms with E-state index in [-0.39, 0.29) is 0 Å². The minimum atomic E-state index is -0.549. The second-order valence-corrected chi connectivity index (χ2v) is 3.80. The molecule has 2 heterocycles. The summed E-state index contributed by atoms with van der Waals surface area (Å²) in [6, 6.07) is 3.74. The summed E-state index contributed by atoms with van der Waals surface area (Å²) < 4.78 is 5.22. The molecule has 0 spiro atoms. The summed E-state index contributed by atoms with van der Waals surface area (Å²) in [4.78, 5) is 4.11. The Bertz CT molecular complexity index is 374. The Morgan fingerprint density at radius 2 is 2.40 bits per heavy atom. The van der Waals surface area contributed by atoms with Gasteiger partial charge < -0.3 is 9.84 Å². The van der Waals surface area contributed by atoms with Gasteiger partial charge in [-0.05, 0) is 43.0 Å². The molecule has 1 aromatic heterocycles. The number of rotatable bonds is 2. The van der Waals surface area contributed by atoms with Crippen molar-refractivity contribution in [1.29, 1.82) is 0 Å². The van der Waals surface area contributed by atoms with E-state index in [9.17, 15) is 5.11 Å². The molecule has 0 saturated heterocycles. The lowest BCUT2D eigenvalue weighted by molar-refractivity contribution is 0.170. The molecule has 0 fully saturated rings. The Kier molecular flexibility index (Phi) is 3.02. The van der Waals surface area contributed by atoms with Crippen molar-refractivity contribution in [2.45, 2.75) is 25.9 Å². The van der Waals surface area contributed by atoms with Crippen molar-refractivity contribution in [2.24, 2.45) is 0 Å². The minimum Gasteiger partial charge on any atom is -0.501 e. The molecule has 0 saturated carbocycles. The SMILES string of the molecule is Cc1cc(C(O)C2=COCCC2)ccn1. The number of aliphatic hydroxyl groups excluding tert-OH is 1. The molecule has 15 heavy (non-hydrogen) atoms. The summed E-state index contributed by atoms with van der Waals surface area (Å²) in [7, 11) is 0. The number of nitrogens with zero attached hydrogens (tertiary/aromatic N) is 1. The predicted octanol–water partition coefficient (Wildman–Crippen LogP) is 2.12. The van der Waals surface area contributed by atoms with Crippen molar-refractivity contribution in [3.05, 3.63) is 41.4 Å². The molecule has 1 atom stereocenters. The van der Waals surface area contributed by atoms with Gasteiger partial charge in [-0.2, -0.15) is 0 Å². The summed E-state index contributed by atoms with van der Waals surface area (Å²) in [5, 5.41) is 10.1. The largest absolute Gasteiger partial charge is 0.501 e. The number of hydrogen-bond donors (Lipinski definition) is 1. The molecule has 2 rings (SSSR count). The van der Waals surface area contributed by atoms with Gasteiger partial charge in [0.25, 0.3) is 0 Å². The van der Waals surface area contributed by atoms with Gasteiger partial charge in [-0.25, -0.2) is 0 Å². The lowest BCUT2D eigenvalue weighted by atomic mass is 9.98. The summed E-state index contributed by atoms with van der Waals surface area (Å²) in [6.45, 7) is 2.67. The first-order chi connectivity index (χ1) is 7.27. The molecule has 0 bridgehead atoms. The van der Waals surface area contributed by atoms with Crippen molar-refractivity contribution in [3.63, 3.8) is 0 Å². The number of aryl methyl sites for hydroxylation is 1. The molecule has 80 valence electrons. The van der Waals surface area contributed by atoms with E-state index in [0.717, 1.165) is 36.3 Å². The molecule has 3 nitrogen and oxygen atoms in total. The maximum atomic E-state index is 10.1.